The molecular formula is C34H31N3O5S. The summed E-state index contributed by atoms with van der Waals surface area (Å²) in [5, 5.41) is 7.87. The molecule has 0 aromatic heterocycles. The van der Waals surface area contributed by atoms with Gasteiger partial charge in [0.15, 0.2) is 0 Å². The molecular weight excluding hydrogens is 562 g/mol. The maximum absolute atomic E-state index is 13.3. The van der Waals surface area contributed by atoms with Crippen LogP contribution in [-0.2, 0) is 14.3 Å². The van der Waals surface area contributed by atoms with Gasteiger partial charge >= 0.3 is 5.97 Å². The Bertz CT molecular complexity index is 1640. The quantitative estimate of drug-likeness (QED) is 0.113. The highest BCUT2D eigenvalue weighted by molar-refractivity contribution is 8.00. The van der Waals surface area contributed by atoms with E-state index in [1.165, 1.54) is 18.9 Å². The highest BCUT2D eigenvalue weighted by Crippen LogP contribution is 2.26. The van der Waals surface area contributed by atoms with Crippen molar-refractivity contribution >= 4 is 52.9 Å². The first-order valence-corrected chi connectivity index (χ1v) is 14.3. The average molecular weight is 594 g/mol. The lowest BCUT2D eigenvalue weighted by molar-refractivity contribution is -0.115. The van der Waals surface area contributed by atoms with Crippen LogP contribution in [0.1, 0.15) is 38.8 Å². The van der Waals surface area contributed by atoms with E-state index in [4.69, 9.17) is 4.74 Å². The molecule has 1 atom stereocenters. The summed E-state index contributed by atoms with van der Waals surface area (Å²) in [6.45, 7) is 3.73. The fourth-order valence-electron chi connectivity index (χ4n) is 3.96. The molecule has 43 heavy (non-hydrogen) atoms. The van der Waals surface area contributed by atoms with Gasteiger partial charge in [0, 0.05) is 16.1 Å². The Labute approximate surface area is 254 Å². The van der Waals surface area contributed by atoms with Crippen molar-refractivity contribution in [1.82, 2.24) is 5.32 Å². The van der Waals surface area contributed by atoms with Crippen molar-refractivity contribution < 1.29 is 23.9 Å². The SMILES string of the molecule is COC(=O)c1ccccc1NC(=O)C(C)Sc1ccc(NC(=O)/C(=C/c2ccc(C)cc2)NC(=O)c2ccccc2)cc1. The van der Waals surface area contributed by atoms with Crippen molar-refractivity contribution in [2.24, 2.45) is 0 Å². The number of rotatable bonds is 10. The predicted molar refractivity (Wildman–Crippen MR) is 170 cm³/mol. The molecule has 0 spiro atoms. The van der Waals surface area contributed by atoms with E-state index in [1.807, 2.05) is 37.3 Å². The number of thioether (sulfide) groups is 1. The Hall–Kier alpha value is -5.15. The Balaban J connectivity index is 1.42. The maximum Gasteiger partial charge on any atom is 0.339 e. The van der Waals surface area contributed by atoms with Crippen LogP contribution in [0, 0.1) is 6.92 Å². The summed E-state index contributed by atoms with van der Waals surface area (Å²) in [7, 11) is 1.29. The number of carbonyl (C=O) groups is 4. The fourth-order valence-corrected chi connectivity index (χ4v) is 4.83. The first-order chi connectivity index (χ1) is 20.7. The van der Waals surface area contributed by atoms with Crippen molar-refractivity contribution in [3.8, 4) is 0 Å². The minimum absolute atomic E-state index is 0.0914. The fraction of sp³-hybridized carbons (Fsp3) is 0.118. The highest BCUT2D eigenvalue weighted by Gasteiger charge is 2.19. The van der Waals surface area contributed by atoms with E-state index in [0.717, 1.165) is 16.0 Å². The molecule has 0 aliphatic rings. The molecule has 4 aromatic rings. The minimum Gasteiger partial charge on any atom is -0.465 e. The normalized spacial score (nSPS) is 11.7. The zero-order valence-corrected chi connectivity index (χ0v) is 24.7. The summed E-state index contributed by atoms with van der Waals surface area (Å²) in [6, 6.07) is 29.9. The molecule has 218 valence electrons. The number of anilines is 2. The van der Waals surface area contributed by atoms with Crippen LogP contribution in [0.4, 0.5) is 11.4 Å². The number of carbonyl (C=O) groups excluding carboxylic acids is 4. The molecule has 4 rings (SSSR count). The topological polar surface area (TPSA) is 114 Å². The van der Waals surface area contributed by atoms with E-state index in [2.05, 4.69) is 16.0 Å². The third-order valence-corrected chi connectivity index (χ3v) is 7.41. The zero-order valence-electron chi connectivity index (χ0n) is 23.9. The van der Waals surface area contributed by atoms with Crippen LogP contribution < -0.4 is 16.0 Å². The zero-order chi connectivity index (χ0) is 30.8. The van der Waals surface area contributed by atoms with E-state index in [-0.39, 0.29) is 17.2 Å². The van der Waals surface area contributed by atoms with Crippen molar-refractivity contribution in [2.45, 2.75) is 24.0 Å². The summed E-state index contributed by atoms with van der Waals surface area (Å²) in [4.78, 5) is 51.8. The van der Waals surface area contributed by atoms with Gasteiger partial charge < -0.3 is 20.7 Å². The van der Waals surface area contributed by atoms with Crippen molar-refractivity contribution in [1.29, 1.82) is 0 Å². The van der Waals surface area contributed by atoms with Gasteiger partial charge in [-0.15, -0.1) is 11.8 Å². The molecule has 0 aliphatic heterocycles. The number of benzene rings is 4. The van der Waals surface area contributed by atoms with E-state index in [1.54, 1.807) is 85.8 Å². The number of hydrogen-bond donors (Lipinski definition) is 3. The summed E-state index contributed by atoms with van der Waals surface area (Å²) < 4.78 is 4.79. The van der Waals surface area contributed by atoms with Gasteiger partial charge in [-0.25, -0.2) is 4.79 Å². The lowest BCUT2D eigenvalue weighted by atomic mass is 10.1. The number of para-hydroxylation sites is 1. The summed E-state index contributed by atoms with van der Waals surface area (Å²) in [6.07, 6.45) is 1.62. The van der Waals surface area contributed by atoms with Crippen LogP contribution in [-0.4, -0.2) is 36.1 Å². The van der Waals surface area contributed by atoms with Gasteiger partial charge in [-0.3, -0.25) is 14.4 Å². The smallest absolute Gasteiger partial charge is 0.339 e. The van der Waals surface area contributed by atoms with Crippen LogP contribution >= 0.6 is 11.8 Å². The molecule has 4 aromatic carbocycles. The van der Waals surface area contributed by atoms with Gasteiger partial charge in [-0.05, 0) is 74.0 Å². The summed E-state index contributed by atoms with van der Waals surface area (Å²) >= 11 is 1.32. The van der Waals surface area contributed by atoms with Crippen LogP contribution in [0.15, 0.2) is 114 Å². The Morgan fingerprint density at radius 3 is 2.12 bits per heavy atom. The molecule has 0 heterocycles. The second-order valence-electron chi connectivity index (χ2n) is 9.55. The van der Waals surface area contributed by atoms with E-state index < -0.39 is 23.0 Å². The molecule has 0 fully saturated rings. The minimum atomic E-state index is -0.537. The molecule has 0 saturated carbocycles. The molecule has 8 nitrogen and oxygen atoms in total. The van der Waals surface area contributed by atoms with Crippen LogP contribution in [0.2, 0.25) is 0 Å². The van der Waals surface area contributed by atoms with Crippen molar-refractivity contribution in [2.75, 3.05) is 17.7 Å². The lowest BCUT2D eigenvalue weighted by Gasteiger charge is -2.15. The third kappa shape index (κ3) is 8.67. The monoisotopic (exact) mass is 593 g/mol. The van der Waals surface area contributed by atoms with Crippen LogP contribution in [0.3, 0.4) is 0 Å². The second-order valence-corrected chi connectivity index (χ2v) is 11.0. The van der Waals surface area contributed by atoms with Gasteiger partial charge in [0.05, 0.1) is 23.6 Å². The van der Waals surface area contributed by atoms with Gasteiger partial charge in [0.25, 0.3) is 11.8 Å². The summed E-state index contributed by atoms with van der Waals surface area (Å²) in [5.74, 6) is -1.70. The first-order valence-electron chi connectivity index (χ1n) is 13.4. The largest absolute Gasteiger partial charge is 0.465 e. The van der Waals surface area contributed by atoms with E-state index in [0.29, 0.717) is 16.9 Å². The third-order valence-electron chi connectivity index (χ3n) is 6.30. The van der Waals surface area contributed by atoms with Crippen molar-refractivity contribution in [3.05, 3.63) is 131 Å². The maximum atomic E-state index is 13.3. The molecule has 1 unspecified atom stereocenters. The lowest BCUT2D eigenvalue weighted by Crippen LogP contribution is -2.30. The Kier molecular flexibility index (Phi) is 10.5. The van der Waals surface area contributed by atoms with E-state index >= 15 is 0 Å². The van der Waals surface area contributed by atoms with Gasteiger partial charge in [-0.2, -0.15) is 0 Å². The van der Waals surface area contributed by atoms with Crippen LogP contribution in [0.5, 0.6) is 0 Å². The van der Waals surface area contributed by atoms with Crippen molar-refractivity contribution in [3.63, 3.8) is 0 Å². The number of amides is 3. The molecule has 0 bridgehead atoms. The van der Waals surface area contributed by atoms with Gasteiger partial charge in [0.1, 0.15) is 5.70 Å². The van der Waals surface area contributed by atoms with E-state index in [9.17, 15) is 19.2 Å². The van der Waals surface area contributed by atoms with Crippen LogP contribution in [0.25, 0.3) is 6.08 Å². The molecule has 0 aliphatic carbocycles. The number of hydrogen-bond acceptors (Lipinski definition) is 6. The first kappa shape index (κ1) is 30.8. The summed E-state index contributed by atoms with van der Waals surface area (Å²) in [5.41, 5.74) is 3.52. The molecule has 3 N–H and O–H groups in total. The second kappa shape index (κ2) is 14.7. The number of esters is 1. The number of nitrogens with one attached hydrogen (secondary N) is 3. The molecule has 0 saturated heterocycles. The standard InChI is InChI=1S/C34H31N3O5S/c1-22-13-15-24(16-14-22)21-30(37-32(39)25-9-5-4-6-10-25)33(40)35-26-17-19-27(20-18-26)43-23(2)31(38)36-29-12-8-7-11-28(29)34(41)42-3/h4-21,23H,1-3H3,(H,35,40)(H,36,38)(H,37,39)/b30-21-. The number of ether oxygens (including phenoxy) is 1. The molecule has 0 radical (unpaired) electrons. The highest BCUT2D eigenvalue weighted by atomic mass is 32.2. The molecule has 9 heteroatoms. The number of methoxy groups -OCH3 is 1. The number of aryl methyl sites for hydroxylation is 1. The average Bonchev–Trinajstić information content (AvgIpc) is 3.02. The van der Waals surface area contributed by atoms with Gasteiger partial charge in [-0.1, -0.05) is 60.2 Å². The Morgan fingerprint density at radius 2 is 1.44 bits per heavy atom. The molecule has 3 amide bonds. The Morgan fingerprint density at radius 1 is 0.791 bits per heavy atom. The van der Waals surface area contributed by atoms with Gasteiger partial charge in [0.2, 0.25) is 5.91 Å². The predicted octanol–water partition coefficient (Wildman–Crippen LogP) is 6.31.